The second-order valence-corrected chi connectivity index (χ2v) is 9.49. The monoisotopic (exact) mass is 657 g/mol. The van der Waals surface area contributed by atoms with Crippen LogP contribution in [0, 0.1) is 7.14 Å². The lowest BCUT2D eigenvalue weighted by atomic mass is 10.2. The van der Waals surface area contributed by atoms with Crippen LogP contribution in [0.5, 0.6) is 5.75 Å². The van der Waals surface area contributed by atoms with Crippen LogP contribution >= 0.6 is 56.5 Å². The highest BCUT2D eigenvalue weighted by atomic mass is 127. The molecular formula is C22H17I2N3O3S. The predicted molar refractivity (Wildman–Crippen MR) is 140 cm³/mol. The van der Waals surface area contributed by atoms with Crippen molar-refractivity contribution in [3.8, 4) is 5.75 Å². The van der Waals surface area contributed by atoms with Crippen LogP contribution in [0.25, 0.3) is 6.08 Å². The van der Waals surface area contributed by atoms with E-state index >= 15 is 0 Å². The van der Waals surface area contributed by atoms with Gasteiger partial charge in [-0.25, -0.2) is 5.43 Å². The molecule has 0 aliphatic carbocycles. The highest BCUT2D eigenvalue weighted by Crippen LogP contribution is 2.26. The average molecular weight is 657 g/mol. The number of hydrogen-bond acceptors (Lipinski definition) is 5. The molecule has 3 aromatic rings. The number of benzene rings is 2. The van der Waals surface area contributed by atoms with Crippen LogP contribution in [-0.2, 0) is 4.79 Å². The van der Waals surface area contributed by atoms with Crippen LogP contribution in [0.15, 0.2) is 70.8 Å². The lowest BCUT2D eigenvalue weighted by molar-refractivity contribution is -0.117. The highest BCUT2D eigenvalue weighted by molar-refractivity contribution is 14.1. The van der Waals surface area contributed by atoms with Crippen LogP contribution in [0.4, 0.5) is 0 Å². The number of carbonyl (C=O) groups excluding carboxylic acids is 2. The number of hydrogen-bond donors (Lipinski definition) is 2. The fourth-order valence-corrected chi connectivity index (χ4v) is 5.34. The summed E-state index contributed by atoms with van der Waals surface area (Å²) in [6.07, 6.45) is 3.13. The molecule has 2 aromatic carbocycles. The Labute approximate surface area is 211 Å². The van der Waals surface area contributed by atoms with Crippen LogP contribution in [0.1, 0.15) is 20.8 Å². The molecule has 0 spiro atoms. The summed E-state index contributed by atoms with van der Waals surface area (Å²) in [6, 6.07) is 16.3. The molecule has 0 saturated carbocycles. The Hall–Kier alpha value is -2.25. The van der Waals surface area contributed by atoms with E-state index in [1.807, 2.05) is 35.7 Å². The molecule has 6 nitrogen and oxygen atoms in total. The van der Waals surface area contributed by atoms with Crippen molar-refractivity contribution in [2.24, 2.45) is 5.10 Å². The zero-order chi connectivity index (χ0) is 22.2. The summed E-state index contributed by atoms with van der Waals surface area (Å²) in [5, 5.41) is 8.63. The van der Waals surface area contributed by atoms with Crippen molar-refractivity contribution in [1.29, 1.82) is 0 Å². The number of halogens is 2. The summed E-state index contributed by atoms with van der Waals surface area (Å²) in [5.74, 6) is -0.240. The average Bonchev–Trinajstić information content (AvgIpc) is 3.26. The molecule has 3 rings (SSSR count). The van der Waals surface area contributed by atoms with Crippen molar-refractivity contribution in [2.75, 3.05) is 7.11 Å². The lowest BCUT2D eigenvalue weighted by Gasteiger charge is -2.09. The first-order chi connectivity index (χ1) is 15.0. The summed E-state index contributed by atoms with van der Waals surface area (Å²) in [5.41, 5.74) is 3.76. The van der Waals surface area contributed by atoms with Gasteiger partial charge in [0.25, 0.3) is 11.8 Å². The number of nitrogens with one attached hydrogen (secondary N) is 2. The Morgan fingerprint density at radius 3 is 2.55 bits per heavy atom. The first-order valence-electron chi connectivity index (χ1n) is 8.96. The van der Waals surface area contributed by atoms with E-state index in [0.29, 0.717) is 11.3 Å². The SMILES string of the molecule is COc1c(I)cc(I)cc1/C=N\NC(=O)/C(=C/c1cccs1)NC(=O)c1ccccc1. The van der Waals surface area contributed by atoms with E-state index in [2.05, 4.69) is 61.0 Å². The van der Waals surface area contributed by atoms with Gasteiger partial charge in [-0.15, -0.1) is 11.3 Å². The summed E-state index contributed by atoms with van der Waals surface area (Å²) >= 11 is 5.85. The van der Waals surface area contributed by atoms with Gasteiger partial charge in [-0.1, -0.05) is 24.3 Å². The molecular weight excluding hydrogens is 640 g/mol. The Morgan fingerprint density at radius 1 is 1.10 bits per heavy atom. The van der Waals surface area contributed by atoms with E-state index in [-0.39, 0.29) is 11.6 Å². The molecule has 1 aromatic heterocycles. The third kappa shape index (κ3) is 6.61. The van der Waals surface area contributed by atoms with Crippen molar-refractivity contribution < 1.29 is 14.3 Å². The standard InChI is InChI=1S/C22H17I2N3O3S/c1-30-20-15(10-16(23)11-18(20)24)13-25-27-22(29)19(12-17-8-5-9-31-17)26-21(28)14-6-3-2-4-7-14/h2-13H,1H3,(H,26,28)(H,27,29)/b19-12-,25-13-. The molecule has 0 fully saturated rings. The second-order valence-electron chi connectivity index (χ2n) is 6.10. The van der Waals surface area contributed by atoms with Gasteiger partial charge in [0.1, 0.15) is 11.4 Å². The maximum absolute atomic E-state index is 12.8. The molecule has 9 heteroatoms. The Bertz CT molecular complexity index is 1130. The van der Waals surface area contributed by atoms with Gasteiger partial charge in [-0.05, 0) is 87.0 Å². The minimum absolute atomic E-state index is 0.0950. The minimum Gasteiger partial charge on any atom is -0.495 e. The summed E-state index contributed by atoms with van der Waals surface area (Å²) in [4.78, 5) is 26.2. The first-order valence-corrected chi connectivity index (χ1v) is 12.0. The predicted octanol–water partition coefficient (Wildman–Crippen LogP) is 4.89. The number of nitrogens with zero attached hydrogens (tertiary/aromatic N) is 1. The lowest BCUT2D eigenvalue weighted by Crippen LogP contribution is -2.32. The minimum atomic E-state index is -0.534. The summed E-state index contributed by atoms with van der Waals surface area (Å²) in [7, 11) is 1.58. The van der Waals surface area contributed by atoms with Crippen molar-refractivity contribution >= 4 is 80.6 Å². The Balaban J connectivity index is 1.79. The normalized spacial score (nSPS) is 11.4. The highest BCUT2D eigenvalue weighted by Gasteiger charge is 2.15. The molecule has 0 atom stereocenters. The quantitative estimate of drug-likeness (QED) is 0.165. The van der Waals surface area contributed by atoms with Gasteiger partial charge in [0.05, 0.1) is 16.9 Å². The first kappa shape index (κ1) is 23.4. The van der Waals surface area contributed by atoms with Gasteiger partial charge in [0.15, 0.2) is 0 Å². The number of rotatable bonds is 7. The Morgan fingerprint density at radius 2 is 1.87 bits per heavy atom. The summed E-state index contributed by atoms with van der Waals surface area (Å²) < 4.78 is 7.38. The van der Waals surface area contributed by atoms with Gasteiger partial charge >= 0.3 is 0 Å². The van der Waals surface area contributed by atoms with Crippen LogP contribution in [0.3, 0.4) is 0 Å². The van der Waals surface area contributed by atoms with Crippen LogP contribution in [0.2, 0.25) is 0 Å². The van der Waals surface area contributed by atoms with Crippen molar-refractivity contribution in [2.45, 2.75) is 0 Å². The topological polar surface area (TPSA) is 79.8 Å². The molecule has 2 N–H and O–H groups in total. The fraction of sp³-hybridized carbons (Fsp3) is 0.0455. The zero-order valence-electron chi connectivity index (χ0n) is 16.3. The maximum atomic E-state index is 12.8. The number of ether oxygens (including phenoxy) is 1. The van der Waals surface area contributed by atoms with Gasteiger partial charge in [0, 0.05) is 19.6 Å². The molecule has 0 bridgehead atoms. The molecule has 31 heavy (non-hydrogen) atoms. The molecule has 0 unspecified atom stereocenters. The van der Waals surface area contributed by atoms with E-state index in [0.717, 1.165) is 17.6 Å². The maximum Gasteiger partial charge on any atom is 0.287 e. The number of carbonyl (C=O) groups is 2. The van der Waals surface area contributed by atoms with Crippen molar-refractivity contribution in [3.63, 3.8) is 0 Å². The number of hydrazone groups is 1. The largest absolute Gasteiger partial charge is 0.495 e. The van der Waals surface area contributed by atoms with Gasteiger partial charge < -0.3 is 10.1 Å². The molecule has 0 aliphatic rings. The van der Waals surface area contributed by atoms with E-state index in [4.69, 9.17) is 4.74 Å². The number of thiophene rings is 1. The fourth-order valence-electron chi connectivity index (χ4n) is 2.57. The molecule has 0 radical (unpaired) electrons. The molecule has 158 valence electrons. The zero-order valence-corrected chi connectivity index (χ0v) is 21.4. The number of amides is 2. The van der Waals surface area contributed by atoms with E-state index < -0.39 is 5.91 Å². The van der Waals surface area contributed by atoms with E-state index in [1.54, 1.807) is 37.5 Å². The molecule has 2 amide bonds. The second kappa shape index (κ2) is 11.4. The molecule has 1 heterocycles. The van der Waals surface area contributed by atoms with Crippen molar-refractivity contribution in [3.05, 3.63) is 88.8 Å². The van der Waals surface area contributed by atoms with Gasteiger partial charge in [0.2, 0.25) is 0 Å². The van der Waals surface area contributed by atoms with Crippen LogP contribution < -0.4 is 15.5 Å². The molecule has 0 aliphatic heterocycles. The Kier molecular flexibility index (Phi) is 8.60. The van der Waals surface area contributed by atoms with Crippen molar-refractivity contribution in [1.82, 2.24) is 10.7 Å². The van der Waals surface area contributed by atoms with Gasteiger partial charge in [-0.2, -0.15) is 5.10 Å². The third-order valence-corrected chi connectivity index (χ3v) is 6.21. The smallest absolute Gasteiger partial charge is 0.287 e. The van der Waals surface area contributed by atoms with Crippen LogP contribution in [-0.4, -0.2) is 25.1 Å². The van der Waals surface area contributed by atoms with Gasteiger partial charge in [-0.3, -0.25) is 9.59 Å². The van der Waals surface area contributed by atoms with E-state index in [1.165, 1.54) is 17.6 Å². The third-order valence-electron chi connectivity index (χ3n) is 3.97. The van der Waals surface area contributed by atoms with E-state index in [9.17, 15) is 9.59 Å². The number of methoxy groups -OCH3 is 1. The summed E-state index contributed by atoms with van der Waals surface area (Å²) in [6.45, 7) is 0. The molecule has 0 saturated heterocycles.